The van der Waals surface area contributed by atoms with Crippen molar-refractivity contribution in [2.75, 3.05) is 26.4 Å². The summed E-state index contributed by atoms with van der Waals surface area (Å²) < 4.78 is 10.1. The predicted octanol–water partition coefficient (Wildman–Crippen LogP) is 1.92. The van der Waals surface area contributed by atoms with Gasteiger partial charge in [0.05, 0.1) is 0 Å². The molecule has 112 valence electrons. The summed E-state index contributed by atoms with van der Waals surface area (Å²) in [4.78, 5) is 18.9. The van der Waals surface area contributed by atoms with Gasteiger partial charge >= 0.3 is 11.9 Å². The molecule has 0 atom stereocenters. The van der Waals surface area contributed by atoms with E-state index < -0.39 is 18.4 Å². The summed E-state index contributed by atoms with van der Waals surface area (Å²) in [5.74, 6) is -2.62. The lowest BCUT2D eigenvalue weighted by Gasteiger charge is -2.08. The summed E-state index contributed by atoms with van der Waals surface area (Å²) in [6, 6.07) is 0. The smallest absolute Gasteiger partial charge is 0.314 e. The lowest BCUT2D eigenvalue weighted by molar-refractivity contribution is -0.147. The summed E-state index contributed by atoms with van der Waals surface area (Å²) in [5.41, 5.74) is 0. The molecule has 0 bridgehead atoms. The number of hydrogen-bond acceptors (Lipinski definition) is 4. The van der Waals surface area contributed by atoms with Crippen molar-refractivity contribution in [3.63, 3.8) is 0 Å². The molecule has 6 nitrogen and oxygen atoms in total. The van der Waals surface area contributed by atoms with Crippen molar-refractivity contribution in [3.05, 3.63) is 0 Å². The highest BCUT2D eigenvalue weighted by Gasteiger charge is 2.01. The van der Waals surface area contributed by atoms with Gasteiger partial charge in [0, 0.05) is 26.4 Å². The van der Waals surface area contributed by atoms with E-state index in [1.807, 2.05) is 0 Å². The first-order valence-corrected chi connectivity index (χ1v) is 6.72. The molecule has 2 heterocycles. The zero-order valence-corrected chi connectivity index (χ0v) is 11.3. The van der Waals surface area contributed by atoms with E-state index in [1.54, 1.807) is 0 Å². The number of carbonyl (C=O) groups is 2. The van der Waals surface area contributed by atoms with Crippen molar-refractivity contribution in [1.82, 2.24) is 0 Å². The standard InChI is InChI=1S/2C5H10O.C3H4O4/c2*1-2-4-6-5-3-1;4-2(5)1-3(6)7/h2*1-5H2;1H2,(H,4,5)(H,6,7). The summed E-state index contributed by atoms with van der Waals surface area (Å²) in [7, 11) is 0. The van der Waals surface area contributed by atoms with E-state index in [0.717, 1.165) is 26.4 Å². The number of hydrogen-bond donors (Lipinski definition) is 2. The molecule has 0 spiro atoms. The maximum Gasteiger partial charge on any atom is 0.314 e. The van der Waals surface area contributed by atoms with Gasteiger partial charge in [0.2, 0.25) is 0 Å². The van der Waals surface area contributed by atoms with E-state index in [9.17, 15) is 9.59 Å². The molecule has 6 heteroatoms. The first-order chi connectivity index (χ1) is 9.13. The molecule has 0 aliphatic carbocycles. The molecule has 0 aromatic heterocycles. The molecule has 2 N–H and O–H groups in total. The number of carboxylic acids is 2. The van der Waals surface area contributed by atoms with E-state index >= 15 is 0 Å². The van der Waals surface area contributed by atoms with Crippen molar-refractivity contribution >= 4 is 11.9 Å². The molecular formula is C13H24O6. The summed E-state index contributed by atoms with van der Waals surface area (Å²) in [6.45, 7) is 4.00. The molecule has 2 rings (SSSR count). The van der Waals surface area contributed by atoms with Crippen molar-refractivity contribution in [3.8, 4) is 0 Å². The minimum Gasteiger partial charge on any atom is -0.481 e. The molecular weight excluding hydrogens is 252 g/mol. The van der Waals surface area contributed by atoms with Crippen LogP contribution in [0.4, 0.5) is 0 Å². The normalized spacial score (nSPS) is 18.1. The van der Waals surface area contributed by atoms with Crippen LogP contribution >= 0.6 is 0 Å². The van der Waals surface area contributed by atoms with Gasteiger partial charge in [0.1, 0.15) is 6.42 Å². The number of aliphatic carboxylic acids is 2. The quantitative estimate of drug-likeness (QED) is 0.748. The van der Waals surface area contributed by atoms with Gasteiger partial charge in [-0.05, 0) is 38.5 Å². The number of carboxylic acid groups (broad SMARTS) is 2. The minimum atomic E-state index is -1.31. The van der Waals surface area contributed by atoms with Crippen LogP contribution in [0.3, 0.4) is 0 Å². The van der Waals surface area contributed by atoms with E-state index in [0.29, 0.717) is 0 Å². The Morgan fingerprint density at radius 1 is 0.684 bits per heavy atom. The Morgan fingerprint density at radius 3 is 1.05 bits per heavy atom. The van der Waals surface area contributed by atoms with Crippen LogP contribution in [-0.2, 0) is 19.1 Å². The van der Waals surface area contributed by atoms with Crippen LogP contribution in [0.25, 0.3) is 0 Å². The van der Waals surface area contributed by atoms with Crippen LogP contribution in [0.15, 0.2) is 0 Å². The van der Waals surface area contributed by atoms with Crippen molar-refractivity contribution in [1.29, 1.82) is 0 Å². The molecule has 0 aromatic carbocycles. The Morgan fingerprint density at radius 2 is 1.00 bits per heavy atom. The Balaban J connectivity index is 0.000000256. The molecule has 2 aliphatic rings. The lowest BCUT2D eigenvalue weighted by atomic mass is 10.2. The molecule has 0 radical (unpaired) electrons. The Kier molecular flexibility index (Phi) is 12.5. The fraction of sp³-hybridized carbons (Fsp3) is 0.846. The molecule has 0 unspecified atom stereocenters. The van der Waals surface area contributed by atoms with E-state index in [4.69, 9.17) is 19.7 Å². The average Bonchev–Trinajstić information content (AvgIpc) is 2.42. The molecule has 0 amide bonds. The van der Waals surface area contributed by atoms with Gasteiger partial charge in [-0.25, -0.2) is 0 Å². The third-order valence-electron chi connectivity index (χ3n) is 2.46. The molecule has 2 aliphatic heterocycles. The van der Waals surface area contributed by atoms with Gasteiger partial charge in [0.25, 0.3) is 0 Å². The third-order valence-corrected chi connectivity index (χ3v) is 2.46. The van der Waals surface area contributed by atoms with Crippen LogP contribution in [0.1, 0.15) is 44.9 Å². The van der Waals surface area contributed by atoms with Crippen LogP contribution < -0.4 is 0 Å². The molecule has 0 aromatic rings. The van der Waals surface area contributed by atoms with Crippen molar-refractivity contribution in [2.45, 2.75) is 44.9 Å². The van der Waals surface area contributed by atoms with Crippen molar-refractivity contribution < 1.29 is 29.3 Å². The Labute approximate surface area is 113 Å². The lowest BCUT2D eigenvalue weighted by Crippen LogP contribution is -2.03. The second-order valence-electron chi connectivity index (χ2n) is 4.31. The third kappa shape index (κ3) is 16.9. The molecule has 0 saturated carbocycles. The number of rotatable bonds is 2. The fourth-order valence-corrected chi connectivity index (χ4v) is 1.50. The Hall–Kier alpha value is -1.14. The zero-order valence-electron chi connectivity index (χ0n) is 11.3. The average molecular weight is 276 g/mol. The predicted molar refractivity (Wildman–Crippen MR) is 69.2 cm³/mol. The van der Waals surface area contributed by atoms with Crippen LogP contribution in [0, 0.1) is 0 Å². The topological polar surface area (TPSA) is 93.1 Å². The molecule has 2 saturated heterocycles. The highest BCUT2D eigenvalue weighted by Crippen LogP contribution is 2.02. The monoisotopic (exact) mass is 276 g/mol. The van der Waals surface area contributed by atoms with Crippen LogP contribution in [0.2, 0.25) is 0 Å². The highest BCUT2D eigenvalue weighted by molar-refractivity contribution is 5.88. The summed E-state index contributed by atoms with van der Waals surface area (Å²) >= 11 is 0. The highest BCUT2D eigenvalue weighted by atomic mass is 16.5. The Bertz CT molecular complexity index is 186. The second-order valence-corrected chi connectivity index (χ2v) is 4.31. The SMILES string of the molecule is C1CCOCC1.C1CCOCC1.O=C(O)CC(=O)O. The van der Waals surface area contributed by atoms with Gasteiger partial charge in [-0.1, -0.05) is 0 Å². The van der Waals surface area contributed by atoms with Crippen molar-refractivity contribution in [2.24, 2.45) is 0 Å². The van der Waals surface area contributed by atoms with Gasteiger partial charge in [0.15, 0.2) is 0 Å². The largest absolute Gasteiger partial charge is 0.481 e. The maximum absolute atomic E-state index is 9.43. The van der Waals surface area contributed by atoms with Gasteiger partial charge in [-0.2, -0.15) is 0 Å². The van der Waals surface area contributed by atoms with Gasteiger partial charge < -0.3 is 19.7 Å². The summed E-state index contributed by atoms with van der Waals surface area (Å²) in [5, 5.41) is 15.4. The zero-order chi connectivity index (χ0) is 14.3. The summed E-state index contributed by atoms with van der Waals surface area (Å²) in [6.07, 6.45) is 7.06. The first-order valence-electron chi connectivity index (χ1n) is 6.72. The van der Waals surface area contributed by atoms with Gasteiger partial charge in [-0.15, -0.1) is 0 Å². The van der Waals surface area contributed by atoms with Gasteiger partial charge in [-0.3, -0.25) is 9.59 Å². The molecule has 19 heavy (non-hydrogen) atoms. The first kappa shape index (κ1) is 17.9. The molecule has 2 fully saturated rings. The van der Waals surface area contributed by atoms with Crippen LogP contribution in [0.5, 0.6) is 0 Å². The number of ether oxygens (including phenoxy) is 2. The van der Waals surface area contributed by atoms with E-state index in [-0.39, 0.29) is 0 Å². The van der Waals surface area contributed by atoms with Crippen LogP contribution in [-0.4, -0.2) is 48.6 Å². The van der Waals surface area contributed by atoms with E-state index in [1.165, 1.54) is 38.5 Å². The second kappa shape index (κ2) is 13.3. The fourth-order valence-electron chi connectivity index (χ4n) is 1.50. The maximum atomic E-state index is 9.43. The minimum absolute atomic E-state index is 0.806. The van der Waals surface area contributed by atoms with E-state index in [2.05, 4.69) is 0 Å².